The fraction of sp³-hybridized carbons (Fsp3) is 0.548. The first kappa shape index (κ1) is 31.7. The molecule has 0 aromatic heterocycles. The smallest absolute Gasteiger partial charge is 0.318 e. The molecule has 2 aromatic carbocycles. The van der Waals surface area contributed by atoms with Gasteiger partial charge in [0.05, 0.1) is 0 Å². The zero-order valence-corrected chi connectivity index (χ0v) is 25.9. The molecule has 7 nitrogen and oxygen atoms in total. The van der Waals surface area contributed by atoms with Crippen molar-refractivity contribution in [1.82, 2.24) is 20.0 Å². The number of carbonyl (C=O) groups excluding carboxylic acids is 2. The minimum Gasteiger partial charge on any atom is -0.492 e. The number of hydrogen-bond donors (Lipinski definition) is 1. The molecular weight excluding hydrogens is 583 g/mol. The molecule has 10 heteroatoms. The Hall–Kier alpha value is -2.19. The van der Waals surface area contributed by atoms with E-state index in [2.05, 4.69) is 28.4 Å². The molecule has 0 unspecified atom stereocenters. The molecule has 0 saturated carbocycles. The second kappa shape index (κ2) is 15.3. The molecule has 224 valence electrons. The number of halogens is 3. The second-order valence-corrected chi connectivity index (χ2v) is 12.0. The van der Waals surface area contributed by atoms with Crippen molar-refractivity contribution in [1.29, 1.82) is 0 Å². The van der Waals surface area contributed by atoms with E-state index in [1.807, 2.05) is 17.0 Å². The molecule has 3 fully saturated rings. The molecule has 3 heterocycles. The van der Waals surface area contributed by atoms with Crippen LogP contribution in [0.15, 0.2) is 42.5 Å². The van der Waals surface area contributed by atoms with Crippen LogP contribution in [0.1, 0.15) is 55.6 Å². The lowest BCUT2D eigenvalue weighted by molar-refractivity contribution is -0.134. The van der Waals surface area contributed by atoms with Crippen molar-refractivity contribution in [3.8, 4) is 5.75 Å². The maximum Gasteiger partial charge on any atom is 0.318 e. The molecule has 2 aromatic rings. The summed E-state index contributed by atoms with van der Waals surface area (Å²) < 4.78 is 6.25. The highest BCUT2D eigenvalue weighted by Gasteiger charge is 2.32. The number of carbonyl (C=O) groups is 2. The van der Waals surface area contributed by atoms with Crippen molar-refractivity contribution in [2.45, 2.75) is 56.9 Å². The number of nitrogens with zero attached hydrogens (tertiary/aromatic N) is 3. The summed E-state index contributed by atoms with van der Waals surface area (Å²) in [7, 11) is 0. The van der Waals surface area contributed by atoms with Crippen LogP contribution in [0.25, 0.3) is 0 Å². The summed E-state index contributed by atoms with van der Waals surface area (Å²) in [4.78, 5) is 32.9. The summed E-state index contributed by atoms with van der Waals surface area (Å²) in [5, 5.41) is 4.07. The second-order valence-electron chi connectivity index (χ2n) is 11.2. The topological polar surface area (TPSA) is 65.1 Å². The first-order valence-electron chi connectivity index (χ1n) is 14.7. The highest BCUT2D eigenvalue weighted by Crippen LogP contribution is 2.34. The van der Waals surface area contributed by atoms with E-state index in [1.165, 1.54) is 31.5 Å². The number of benzene rings is 2. The fourth-order valence-electron chi connectivity index (χ4n) is 6.14. The average Bonchev–Trinajstić information content (AvgIpc) is 3.69. The van der Waals surface area contributed by atoms with Crippen LogP contribution < -0.4 is 10.1 Å². The van der Waals surface area contributed by atoms with E-state index in [1.54, 1.807) is 17.0 Å². The largest absolute Gasteiger partial charge is 0.492 e. The number of amides is 3. The lowest BCUT2D eigenvalue weighted by atomic mass is 9.88. The summed E-state index contributed by atoms with van der Waals surface area (Å²) in [6, 6.07) is 12.7. The number of nitrogens with one attached hydrogen (secondary N) is 1. The molecule has 0 aliphatic carbocycles. The number of likely N-dealkylation sites (tertiary alicyclic amines) is 3. The summed E-state index contributed by atoms with van der Waals surface area (Å²) >= 11 is 12.5. The minimum absolute atomic E-state index is 0. The minimum atomic E-state index is -0.690. The Morgan fingerprint density at radius 1 is 0.902 bits per heavy atom. The zero-order valence-electron chi connectivity index (χ0n) is 23.5. The predicted molar refractivity (Wildman–Crippen MR) is 167 cm³/mol. The van der Waals surface area contributed by atoms with E-state index in [-0.39, 0.29) is 24.3 Å². The molecule has 0 radical (unpaired) electrons. The van der Waals surface area contributed by atoms with E-state index in [0.717, 1.165) is 56.6 Å². The van der Waals surface area contributed by atoms with Crippen molar-refractivity contribution in [2.24, 2.45) is 0 Å². The van der Waals surface area contributed by atoms with Crippen LogP contribution in [-0.4, -0.2) is 85.1 Å². The van der Waals surface area contributed by atoms with Crippen LogP contribution in [-0.2, 0) is 11.2 Å². The highest BCUT2D eigenvalue weighted by molar-refractivity contribution is 6.35. The third-order valence-electron chi connectivity index (χ3n) is 8.46. The Morgan fingerprint density at radius 2 is 1.59 bits per heavy atom. The lowest BCUT2D eigenvalue weighted by Crippen LogP contribution is -2.54. The van der Waals surface area contributed by atoms with Gasteiger partial charge in [-0.1, -0.05) is 47.5 Å². The maximum absolute atomic E-state index is 13.8. The molecule has 41 heavy (non-hydrogen) atoms. The molecule has 5 rings (SSSR count). The molecule has 3 saturated heterocycles. The summed E-state index contributed by atoms with van der Waals surface area (Å²) in [6.07, 6.45) is 6.58. The Balaban J connectivity index is 0.00000387. The van der Waals surface area contributed by atoms with Gasteiger partial charge < -0.3 is 19.9 Å². The van der Waals surface area contributed by atoms with E-state index in [0.29, 0.717) is 42.1 Å². The van der Waals surface area contributed by atoms with E-state index in [9.17, 15) is 9.59 Å². The van der Waals surface area contributed by atoms with Crippen molar-refractivity contribution in [3.05, 3.63) is 63.6 Å². The Labute approximate surface area is 259 Å². The number of ether oxygens (including phenoxy) is 1. The molecule has 3 aliphatic rings. The Bertz CT molecular complexity index is 1160. The molecule has 3 aliphatic heterocycles. The van der Waals surface area contributed by atoms with Gasteiger partial charge in [0.25, 0.3) is 0 Å². The van der Waals surface area contributed by atoms with Crippen molar-refractivity contribution in [3.63, 3.8) is 0 Å². The third kappa shape index (κ3) is 8.44. The molecule has 0 bridgehead atoms. The molecule has 1 atom stereocenters. The lowest BCUT2D eigenvalue weighted by Gasteiger charge is -2.35. The van der Waals surface area contributed by atoms with Gasteiger partial charge in [-0.05, 0) is 86.9 Å². The number of para-hydroxylation sites is 1. The van der Waals surface area contributed by atoms with Crippen LogP contribution in [0.5, 0.6) is 5.75 Å². The van der Waals surface area contributed by atoms with Crippen molar-refractivity contribution in [2.75, 3.05) is 52.4 Å². The fourth-order valence-corrected chi connectivity index (χ4v) is 6.62. The standard InChI is InChI=1S/C31H40Cl2N4O3.ClH/c32-25-10-9-24(27(33)22-25)21-28(34-31(39)37-15-5-6-16-37)30(38)36-17-11-23(12-18-36)26-7-1-2-8-29(26)40-20-19-35-13-3-4-14-35;/h1-2,7-10,22-23,28H,3-6,11-21H2,(H,34,39);1H/t28-;/m1./s1. The van der Waals surface area contributed by atoms with Crippen LogP contribution in [0, 0.1) is 0 Å². The van der Waals surface area contributed by atoms with Gasteiger partial charge >= 0.3 is 6.03 Å². The summed E-state index contributed by atoms with van der Waals surface area (Å²) in [5.41, 5.74) is 2.02. The normalized spacial score (nSPS) is 18.7. The van der Waals surface area contributed by atoms with Gasteiger partial charge in [0.15, 0.2) is 0 Å². The van der Waals surface area contributed by atoms with E-state index < -0.39 is 6.04 Å². The van der Waals surface area contributed by atoms with Crippen LogP contribution in [0.3, 0.4) is 0 Å². The molecule has 3 amide bonds. The Kier molecular flexibility index (Phi) is 11.9. The van der Waals surface area contributed by atoms with E-state index >= 15 is 0 Å². The molecule has 0 spiro atoms. The summed E-state index contributed by atoms with van der Waals surface area (Å²) in [6.45, 7) is 6.71. The molecule has 1 N–H and O–H groups in total. The number of urea groups is 1. The number of hydrogen-bond acceptors (Lipinski definition) is 4. The van der Waals surface area contributed by atoms with Gasteiger partial charge in [-0.25, -0.2) is 4.79 Å². The van der Waals surface area contributed by atoms with Crippen molar-refractivity contribution < 1.29 is 14.3 Å². The van der Waals surface area contributed by atoms with Gasteiger partial charge in [0.2, 0.25) is 5.91 Å². The van der Waals surface area contributed by atoms with Gasteiger partial charge in [-0.15, -0.1) is 12.4 Å². The van der Waals surface area contributed by atoms with E-state index in [4.69, 9.17) is 27.9 Å². The first-order chi connectivity index (χ1) is 19.5. The quantitative estimate of drug-likeness (QED) is 0.372. The summed E-state index contributed by atoms with van der Waals surface area (Å²) in [5.74, 6) is 1.22. The van der Waals surface area contributed by atoms with Gasteiger partial charge in [-0.2, -0.15) is 0 Å². The van der Waals surface area contributed by atoms with Gasteiger partial charge in [0, 0.05) is 49.2 Å². The SMILES string of the molecule is Cl.O=C(N[C@H](Cc1ccc(Cl)cc1Cl)C(=O)N1CCC(c2ccccc2OCCN2CCCC2)CC1)N1CCCC1. The van der Waals surface area contributed by atoms with Crippen LogP contribution in [0.2, 0.25) is 10.0 Å². The monoisotopic (exact) mass is 622 g/mol. The van der Waals surface area contributed by atoms with Crippen molar-refractivity contribution >= 4 is 47.5 Å². The average molecular weight is 624 g/mol. The van der Waals surface area contributed by atoms with Crippen LogP contribution in [0.4, 0.5) is 4.79 Å². The Morgan fingerprint density at radius 3 is 2.29 bits per heavy atom. The zero-order chi connectivity index (χ0) is 27.9. The first-order valence-corrected chi connectivity index (χ1v) is 15.5. The number of rotatable bonds is 9. The molecular formula is C31H41Cl3N4O3. The maximum atomic E-state index is 13.8. The number of piperidine rings is 1. The third-order valence-corrected chi connectivity index (χ3v) is 9.04. The van der Waals surface area contributed by atoms with Crippen LogP contribution >= 0.6 is 35.6 Å². The predicted octanol–water partition coefficient (Wildman–Crippen LogP) is 6.01. The van der Waals surface area contributed by atoms with Gasteiger partial charge in [-0.3, -0.25) is 9.69 Å². The highest BCUT2D eigenvalue weighted by atomic mass is 35.5. The van der Waals surface area contributed by atoms with Gasteiger partial charge in [0.1, 0.15) is 18.4 Å².